The number of rotatable bonds is 1. The molecule has 0 radical (unpaired) electrons. The highest BCUT2D eigenvalue weighted by Crippen LogP contribution is 2.45. The van der Waals surface area contributed by atoms with Gasteiger partial charge in [-0.3, -0.25) is 10.1 Å². The van der Waals surface area contributed by atoms with Crippen LogP contribution < -0.4 is 5.32 Å². The molecule has 5 heteroatoms. The van der Waals surface area contributed by atoms with Gasteiger partial charge in [0.15, 0.2) is 0 Å². The summed E-state index contributed by atoms with van der Waals surface area (Å²) in [7, 11) is 0. The first-order valence-electron chi connectivity index (χ1n) is 6.30. The highest BCUT2D eigenvalue weighted by Gasteiger charge is 2.38. The fraction of sp³-hybridized carbons (Fsp3) is 0.833. The van der Waals surface area contributed by atoms with Gasteiger partial charge in [-0.25, -0.2) is 4.79 Å². The predicted molar refractivity (Wildman–Crippen MR) is 66.0 cm³/mol. The number of hydrogen-bond acceptors (Lipinski definition) is 2. The van der Waals surface area contributed by atoms with E-state index in [0.717, 1.165) is 25.9 Å². The first kappa shape index (κ1) is 12.7. The van der Waals surface area contributed by atoms with Gasteiger partial charge in [0.2, 0.25) is 5.91 Å². The fourth-order valence-corrected chi connectivity index (χ4v) is 3.11. The van der Waals surface area contributed by atoms with Crippen molar-refractivity contribution in [3.63, 3.8) is 0 Å². The first-order chi connectivity index (χ1) is 8.15. The molecule has 1 heterocycles. The summed E-state index contributed by atoms with van der Waals surface area (Å²) in [4.78, 5) is 24.5. The summed E-state index contributed by atoms with van der Waals surface area (Å²) in [5.41, 5.74) is 0.493. The van der Waals surface area contributed by atoms with Crippen molar-refractivity contribution in [1.29, 1.82) is 0 Å². The summed E-state index contributed by atoms with van der Waals surface area (Å²) in [6.45, 7) is 1.53. The number of nitrogens with one attached hydrogen (secondary N) is 1. The lowest BCUT2D eigenvalue weighted by Gasteiger charge is -2.39. The quantitative estimate of drug-likeness (QED) is 0.733. The minimum Gasteiger partial charge on any atom is -0.324 e. The van der Waals surface area contributed by atoms with Gasteiger partial charge in [0, 0.05) is 13.1 Å². The van der Waals surface area contributed by atoms with Crippen molar-refractivity contribution in [3.05, 3.63) is 0 Å². The molecule has 3 amide bonds. The molecule has 2 aliphatic rings. The van der Waals surface area contributed by atoms with E-state index >= 15 is 0 Å². The van der Waals surface area contributed by atoms with Gasteiger partial charge in [-0.2, -0.15) is 0 Å². The van der Waals surface area contributed by atoms with Crippen LogP contribution in [0.1, 0.15) is 38.5 Å². The predicted octanol–water partition coefficient (Wildman–Crippen LogP) is 2.12. The van der Waals surface area contributed by atoms with Gasteiger partial charge in [-0.1, -0.05) is 12.8 Å². The molecule has 1 N–H and O–H groups in total. The van der Waals surface area contributed by atoms with Crippen molar-refractivity contribution in [2.75, 3.05) is 19.0 Å². The highest BCUT2D eigenvalue weighted by atomic mass is 35.5. The number of halogens is 1. The van der Waals surface area contributed by atoms with Gasteiger partial charge in [0.1, 0.15) is 5.88 Å². The molecule has 17 heavy (non-hydrogen) atoms. The van der Waals surface area contributed by atoms with Crippen molar-refractivity contribution in [2.45, 2.75) is 38.5 Å². The van der Waals surface area contributed by atoms with Crippen molar-refractivity contribution in [2.24, 2.45) is 5.41 Å². The van der Waals surface area contributed by atoms with Crippen LogP contribution in [0.25, 0.3) is 0 Å². The molecule has 1 saturated heterocycles. The Morgan fingerprint density at radius 2 is 1.71 bits per heavy atom. The van der Waals surface area contributed by atoms with E-state index in [2.05, 4.69) is 5.32 Å². The van der Waals surface area contributed by atoms with Crippen LogP contribution in [0.5, 0.6) is 0 Å². The normalized spacial score (nSPS) is 22.8. The summed E-state index contributed by atoms with van der Waals surface area (Å²) in [6.07, 6.45) is 7.44. The van der Waals surface area contributed by atoms with Crippen LogP contribution in [-0.4, -0.2) is 35.8 Å². The van der Waals surface area contributed by atoms with E-state index in [-0.39, 0.29) is 11.9 Å². The largest absolute Gasteiger partial charge is 0.324 e. The number of carbonyl (C=O) groups excluding carboxylic acids is 2. The molecule has 4 nitrogen and oxygen atoms in total. The topological polar surface area (TPSA) is 49.4 Å². The Kier molecular flexibility index (Phi) is 3.92. The maximum atomic E-state index is 11.7. The first-order valence-corrected chi connectivity index (χ1v) is 6.83. The Balaban J connectivity index is 1.82. The van der Waals surface area contributed by atoms with Crippen LogP contribution >= 0.6 is 11.6 Å². The monoisotopic (exact) mass is 258 g/mol. The van der Waals surface area contributed by atoms with E-state index in [1.54, 1.807) is 4.90 Å². The third-order valence-corrected chi connectivity index (χ3v) is 4.39. The summed E-state index contributed by atoms with van der Waals surface area (Å²) >= 11 is 5.35. The second-order valence-corrected chi connectivity index (χ2v) is 5.45. The molecule has 1 aliphatic heterocycles. The molecule has 0 bridgehead atoms. The standard InChI is InChI=1S/C12H19ClN2O2/c13-9-10(16)14-11(17)15-7-5-12(6-8-15)3-1-2-4-12/h1-9H2,(H,14,16,17). The number of piperidine rings is 1. The second-order valence-electron chi connectivity index (χ2n) is 5.18. The lowest BCUT2D eigenvalue weighted by molar-refractivity contribution is -0.117. The van der Waals surface area contributed by atoms with Crippen LogP contribution in [0, 0.1) is 5.41 Å². The number of imide groups is 1. The number of hydrogen-bond donors (Lipinski definition) is 1. The van der Waals surface area contributed by atoms with E-state index in [0.29, 0.717) is 5.41 Å². The van der Waals surface area contributed by atoms with Gasteiger partial charge < -0.3 is 4.90 Å². The molecule has 2 rings (SSSR count). The summed E-state index contributed by atoms with van der Waals surface area (Å²) in [5.74, 6) is -0.582. The fourth-order valence-electron chi connectivity index (χ4n) is 3.04. The number of carbonyl (C=O) groups is 2. The van der Waals surface area contributed by atoms with Crippen LogP contribution in [-0.2, 0) is 4.79 Å². The SMILES string of the molecule is O=C(CCl)NC(=O)N1CCC2(CCCC2)CC1. The Hall–Kier alpha value is -0.770. The van der Waals surface area contributed by atoms with Gasteiger partial charge in [-0.15, -0.1) is 11.6 Å². The van der Waals surface area contributed by atoms with Crippen LogP contribution in [0.3, 0.4) is 0 Å². The zero-order valence-electron chi connectivity index (χ0n) is 10.0. The van der Waals surface area contributed by atoms with E-state index in [4.69, 9.17) is 11.6 Å². The Labute approximate surface area is 107 Å². The average molecular weight is 259 g/mol. The van der Waals surface area contributed by atoms with E-state index in [1.165, 1.54) is 25.7 Å². The molecule has 0 atom stereocenters. The van der Waals surface area contributed by atoms with Gasteiger partial charge in [0.25, 0.3) is 0 Å². The third-order valence-electron chi connectivity index (χ3n) is 4.14. The molecule has 1 aliphatic carbocycles. The number of likely N-dealkylation sites (tertiary alicyclic amines) is 1. The maximum absolute atomic E-state index is 11.7. The van der Waals surface area contributed by atoms with Crippen molar-refractivity contribution < 1.29 is 9.59 Å². The second kappa shape index (κ2) is 5.25. The molecule has 1 saturated carbocycles. The highest BCUT2D eigenvalue weighted by molar-refractivity contribution is 6.28. The zero-order chi connectivity index (χ0) is 12.3. The number of nitrogens with zero attached hydrogens (tertiary/aromatic N) is 1. The molecule has 1 spiro atoms. The molecule has 2 fully saturated rings. The summed E-state index contributed by atoms with van der Waals surface area (Å²) < 4.78 is 0. The van der Waals surface area contributed by atoms with Crippen molar-refractivity contribution >= 4 is 23.5 Å². The Morgan fingerprint density at radius 1 is 1.12 bits per heavy atom. The summed E-state index contributed by atoms with van der Waals surface area (Å²) in [5, 5.41) is 2.29. The van der Waals surface area contributed by atoms with Crippen LogP contribution in [0.2, 0.25) is 0 Å². The van der Waals surface area contributed by atoms with Gasteiger partial charge >= 0.3 is 6.03 Å². The molecular weight excluding hydrogens is 240 g/mol. The average Bonchev–Trinajstić information content (AvgIpc) is 2.78. The Morgan fingerprint density at radius 3 is 2.24 bits per heavy atom. The van der Waals surface area contributed by atoms with Crippen LogP contribution in [0.15, 0.2) is 0 Å². The number of amides is 3. The smallest absolute Gasteiger partial charge is 0.324 e. The molecule has 0 aromatic carbocycles. The molecule has 0 aromatic heterocycles. The van der Waals surface area contributed by atoms with Crippen molar-refractivity contribution in [3.8, 4) is 0 Å². The molecular formula is C12H19ClN2O2. The lowest BCUT2D eigenvalue weighted by Crippen LogP contribution is -2.48. The summed E-state index contributed by atoms with van der Waals surface area (Å²) in [6, 6.07) is -0.288. The van der Waals surface area contributed by atoms with E-state index in [9.17, 15) is 9.59 Å². The van der Waals surface area contributed by atoms with Gasteiger partial charge in [-0.05, 0) is 31.1 Å². The maximum Gasteiger partial charge on any atom is 0.324 e. The molecule has 0 unspecified atom stereocenters. The lowest BCUT2D eigenvalue weighted by atomic mass is 9.77. The molecule has 96 valence electrons. The third kappa shape index (κ3) is 2.92. The number of alkyl halides is 1. The Bertz CT molecular complexity index is 304. The zero-order valence-corrected chi connectivity index (χ0v) is 10.8. The minimum atomic E-state index is -0.419. The minimum absolute atomic E-state index is 0.163. The van der Waals surface area contributed by atoms with E-state index < -0.39 is 5.91 Å². The van der Waals surface area contributed by atoms with E-state index in [1.807, 2.05) is 0 Å². The van der Waals surface area contributed by atoms with Crippen LogP contribution in [0.4, 0.5) is 4.79 Å². The van der Waals surface area contributed by atoms with Crippen molar-refractivity contribution in [1.82, 2.24) is 10.2 Å². The molecule has 0 aromatic rings. The number of urea groups is 1. The van der Waals surface area contributed by atoms with Gasteiger partial charge in [0.05, 0.1) is 0 Å².